The van der Waals surface area contributed by atoms with Crippen LogP contribution in [-0.4, -0.2) is 64.4 Å². The van der Waals surface area contributed by atoms with E-state index in [0.29, 0.717) is 0 Å². The zero-order valence-electron chi connectivity index (χ0n) is 18.2. The molecule has 1 aromatic rings. The Hall–Kier alpha value is 0.766. The molecule has 1 unspecified atom stereocenters. The molecular weight excluding hydrogens is 407 g/mol. The zero-order chi connectivity index (χ0) is 20.7. The van der Waals surface area contributed by atoms with Gasteiger partial charge >= 0.3 is 51.4 Å². The van der Waals surface area contributed by atoms with Gasteiger partial charge in [0, 0.05) is 0 Å². The van der Waals surface area contributed by atoms with Gasteiger partial charge in [-0.2, -0.15) is 8.42 Å². The molecule has 0 saturated carbocycles. The Morgan fingerprint density at radius 3 is 1.59 bits per heavy atom. The first kappa shape index (κ1) is 29.8. The standard InChI is InChI=1S/C24H42O3S.K.H/c1-3-5-7-9-11-13-15-19-22(18-14-12-10-8-6-4-2)23-20-16-17-21-24(23)28(25,26)27;;/h16-17,20-22H,3-15,18-19H2,1-2H3,(H,25,26,27);;. The Morgan fingerprint density at radius 1 is 0.724 bits per heavy atom. The molecule has 164 valence electrons. The van der Waals surface area contributed by atoms with Crippen molar-refractivity contribution in [1.29, 1.82) is 0 Å². The fraction of sp³-hybridized carbons (Fsp3) is 0.750. The molecule has 0 heterocycles. The van der Waals surface area contributed by atoms with Crippen molar-refractivity contribution in [3.05, 3.63) is 29.8 Å². The van der Waals surface area contributed by atoms with Crippen molar-refractivity contribution in [1.82, 2.24) is 0 Å². The van der Waals surface area contributed by atoms with E-state index < -0.39 is 10.1 Å². The Labute approximate surface area is 223 Å². The molecule has 0 fully saturated rings. The molecule has 0 aliphatic rings. The minimum atomic E-state index is -4.17. The second kappa shape index (κ2) is 18.3. The predicted molar refractivity (Wildman–Crippen MR) is 127 cm³/mol. The van der Waals surface area contributed by atoms with Gasteiger partial charge in [-0.25, -0.2) is 0 Å². The van der Waals surface area contributed by atoms with Gasteiger partial charge in [-0.05, 0) is 30.4 Å². The average molecular weight is 451 g/mol. The van der Waals surface area contributed by atoms with Crippen LogP contribution in [0, 0.1) is 0 Å². The average Bonchev–Trinajstić information content (AvgIpc) is 2.67. The van der Waals surface area contributed by atoms with Gasteiger partial charge in [0.05, 0.1) is 4.90 Å². The topological polar surface area (TPSA) is 54.4 Å². The Morgan fingerprint density at radius 2 is 1.14 bits per heavy atom. The van der Waals surface area contributed by atoms with Crippen LogP contribution in [0.4, 0.5) is 0 Å². The molecular formula is C24H43KO3S. The van der Waals surface area contributed by atoms with Crippen molar-refractivity contribution in [2.45, 2.75) is 121 Å². The summed E-state index contributed by atoms with van der Waals surface area (Å²) in [6.07, 6.45) is 18.3. The number of rotatable bonds is 17. The minimum absolute atomic E-state index is 0. The summed E-state index contributed by atoms with van der Waals surface area (Å²) >= 11 is 0. The maximum absolute atomic E-state index is 11.8. The third-order valence-corrected chi connectivity index (χ3v) is 6.63. The van der Waals surface area contributed by atoms with Gasteiger partial charge in [-0.15, -0.1) is 0 Å². The van der Waals surface area contributed by atoms with Crippen molar-refractivity contribution in [2.24, 2.45) is 0 Å². The van der Waals surface area contributed by atoms with Gasteiger partial charge in [-0.3, -0.25) is 4.55 Å². The van der Waals surface area contributed by atoms with Gasteiger partial charge in [0.2, 0.25) is 0 Å². The van der Waals surface area contributed by atoms with Crippen molar-refractivity contribution in [2.75, 3.05) is 0 Å². The van der Waals surface area contributed by atoms with Crippen molar-refractivity contribution >= 4 is 61.5 Å². The van der Waals surface area contributed by atoms with Crippen molar-refractivity contribution < 1.29 is 13.0 Å². The first-order chi connectivity index (χ1) is 13.5. The first-order valence-electron chi connectivity index (χ1n) is 11.6. The van der Waals surface area contributed by atoms with Crippen LogP contribution in [0.15, 0.2) is 29.2 Å². The molecule has 0 aliphatic heterocycles. The quantitative estimate of drug-likeness (QED) is 0.154. The Kier molecular flexibility index (Phi) is 18.8. The first-order valence-corrected chi connectivity index (χ1v) is 13.0. The molecule has 3 nitrogen and oxygen atoms in total. The fourth-order valence-corrected chi connectivity index (χ4v) is 4.81. The summed E-state index contributed by atoms with van der Waals surface area (Å²) in [7, 11) is -4.17. The molecule has 0 aliphatic carbocycles. The van der Waals surface area contributed by atoms with E-state index in [1.807, 2.05) is 12.1 Å². The van der Waals surface area contributed by atoms with E-state index in [1.54, 1.807) is 12.1 Å². The molecule has 0 spiro atoms. The van der Waals surface area contributed by atoms with E-state index in [4.69, 9.17) is 0 Å². The van der Waals surface area contributed by atoms with Crippen LogP contribution in [0.1, 0.15) is 122 Å². The zero-order valence-corrected chi connectivity index (χ0v) is 19.0. The van der Waals surface area contributed by atoms with E-state index in [2.05, 4.69) is 13.8 Å². The molecule has 0 saturated heterocycles. The molecule has 0 bridgehead atoms. The van der Waals surface area contributed by atoms with E-state index in [-0.39, 0.29) is 62.2 Å². The number of hydrogen-bond donors (Lipinski definition) is 1. The van der Waals surface area contributed by atoms with Crippen LogP contribution in [-0.2, 0) is 10.1 Å². The molecule has 1 N–H and O–H groups in total. The number of unbranched alkanes of at least 4 members (excludes halogenated alkanes) is 11. The molecule has 1 atom stereocenters. The number of benzene rings is 1. The predicted octanol–water partition coefficient (Wildman–Crippen LogP) is 7.26. The van der Waals surface area contributed by atoms with Crippen molar-refractivity contribution in [3.8, 4) is 0 Å². The summed E-state index contributed by atoms with van der Waals surface area (Å²) in [5.41, 5.74) is 0.810. The summed E-state index contributed by atoms with van der Waals surface area (Å²) in [6.45, 7) is 4.46. The van der Waals surface area contributed by atoms with Gasteiger partial charge in [0.1, 0.15) is 0 Å². The maximum atomic E-state index is 11.8. The van der Waals surface area contributed by atoms with Gasteiger partial charge in [0.15, 0.2) is 0 Å². The molecule has 0 radical (unpaired) electrons. The monoisotopic (exact) mass is 450 g/mol. The summed E-state index contributed by atoms with van der Waals surface area (Å²) in [5.74, 6) is 0.222. The molecule has 1 aromatic carbocycles. The van der Waals surface area contributed by atoms with E-state index >= 15 is 0 Å². The fourth-order valence-electron chi connectivity index (χ4n) is 4.03. The van der Waals surface area contributed by atoms with Crippen molar-refractivity contribution in [3.63, 3.8) is 0 Å². The third-order valence-electron chi connectivity index (χ3n) is 5.70. The normalized spacial score (nSPS) is 12.5. The second-order valence-corrected chi connectivity index (χ2v) is 9.57. The van der Waals surface area contributed by atoms with E-state index in [1.165, 1.54) is 70.6 Å². The van der Waals surface area contributed by atoms with Crippen LogP contribution in [0.3, 0.4) is 0 Å². The molecule has 0 amide bonds. The Bertz CT molecular complexity index is 616. The molecule has 1 rings (SSSR count). The third kappa shape index (κ3) is 13.7. The summed E-state index contributed by atoms with van der Waals surface area (Å²) < 4.78 is 33.3. The van der Waals surface area contributed by atoms with E-state index in [0.717, 1.165) is 31.2 Å². The second-order valence-electron chi connectivity index (χ2n) is 8.18. The van der Waals surface area contributed by atoms with Crippen LogP contribution in [0.2, 0.25) is 0 Å². The van der Waals surface area contributed by atoms with Crippen LogP contribution < -0.4 is 0 Å². The SMILES string of the molecule is CCCCCCCCCC(CCCCCCCC)c1ccccc1S(=O)(=O)O.[KH]. The van der Waals surface area contributed by atoms with Crippen LogP contribution in [0.5, 0.6) is 0 Å². The van der Waals surface area contributed by atoms with E-state index in [9.17, 15) is 13.0 Å². The summed E-state index contributed by atoms with van der Waals surface area (Å²) in [5, 5.41) is 0. The molecule has 29 heavy (non-hydrogen) atoms. The molecule has 0 aromatic heterocycles. The van der Waals surface area contributed by atoms with Crippen LogP contribution in [0.25, 0.3) is 0 Å². The van der Waals surface area contributed by atoms with Gasteiger partial charge < -0.3 is 0 Å². The summed E-state index contributed by atoms with van der Waals surface area (Å²) in [4.78, 5) is 0.105. The van der Waals surface area contributed by atoms with Gasteiger partial charge in [-0.1, -0.05) is 116 Å². The summed E-state index contributed by atoms with van der Waals surface area (Å²) in [6, 6.07) is 7.03. The van der Waals surface area contributed by atoms with Crippen LogP contribution >= 0.6 is 0 Å². The number of hydrogen-bond acceptors (Lipinski definition) is 2. The molecule has 5 heteroatoms. The Balaban J connectivity index is 0.00000784. The van der Waals surface area contributed by atoms with Gasteiger partial charge in [0.25, 0.3) is 10.1 Å².